The highest BCUT2D eigenvalue weighted by molar-refractivity contribution is 7.10. The Morgan fingerprint density at radius 1 is 1.06 bits per heavy atom. The van der Waals surface area contributed by atoms with E-state index in [2.05, 4.69) is 68.7 Å². The lowest BCUT2D eigenvalue weighted by molar-refractivity contribution is 0.498. The summed E-state index contributed by atoms with van der Waals surface area (Å²) in [6.07, 6.45) is 0. The number of hydrogen-bond donors (Lipinski definition) is 1. The average molecular weight is 259 g/mol. The molecule has 1 N–H and O–H groups in total. The highest BCUT2D eigenvalue weighted by Gasteiger charge is 2.13. The Balaban J connectivity index is 2.10. The maximum Gasteiger partial charge on any atom is 0.0391 e. The van der Waals surface area contributed by atoms with Gasteiger partial charge in [-0.1, -0.05) is 29.8 Å². The number of nitrogens with one attached hydrogen (secondary N) is 1. The van der Waals surface area contributed by atoms with Crippen molar-refractivity contribution in [2.24, 2.45) is 0 Å². The van der Waals surface area contributed by atoms with Crippen molar-refractivity contribution in [2.75, 3.05) is 0 Å². The number of aryl methyl sites for hydroxylation is 2. The molecule has 0 aliphatic carbocycles. The molecule has 0 saturated carbocycles. The lowest BCUT2D eigenvalue weighted by Gasteiger charge is -2.21. The molecule has 0 bridgehead atoms. The first-order chi connectivity index (χ1) is 8.58. The number of thiophene rings is 1. The van der Waals surface area contributed by atoms with Crippen molar-refractivity contribution >= 4 is 11.3 Å². The van der Waals surface area contributed by atoms with Crippen molar-refractivity contribution in [2.45, 2.75) is 39.8 Å². The lowest BCUT2D eigenvalue weighted by Crippen LogP contribution is -2.22. The van der Waals surface area contributed by atoms with Gasteiger partial charge in [-0.15, -0.1) is 11.3 Å². The van der Waals surface area contributed by atoms with Crippen LogP contribution in [0.5, 0.6) is 0 Å². The van der Waals surface area contributed by atoms with Crippen LogP contribution < -0.4 is 5.32 Å². The van der Waals surface area contributed by atoms with Crippen LogP contribution in [-0.2, 0) is 0 Å². The summed E-state index contributed by atoms with van der Waals surface area (Å²) in [5.74, 6) is 0. The minimum Gasteiger partial charge on any atom is -0.303 e. The molecule has 96 valence electrons. The van der Waals surface area contributed by atoms with Crippen molar-refractivity contribution in [1.29, 1.82) is 0 Å². The SMILES string of the molecule is Cc1ccc(C(C)NC(C)c2cccs2)c(C)c1. The van der Waals surface area contributed by atoms with Crippen LogP contribution in [0.1, 0.15) is 47.5 Å². The lowest BCUT2D eigenvalue weighted by atomic mass is 9.99. The Hall–Kier alpha value is -1.12. The summed E-state index contributed by atoms with van der Waals surface area (Å²) in [5, 5.41) is 5.80. The zero-order valence-corrected chi connectivity index (χ0v) is 12.3. The fourth-order valence-corrected chi connectivity index (χ4v) is 3.14. The largest absolute Gasteiger partial charge is 0.303 e. The highest BCUT2D eigenvalue weighted by atomic mass is 32.1. The van der Waals surface area contributed by atoms with Gasteiger partial charge in [-0.25, -0.2) is 0 Å². The molecule has 0 aliphatic heterocycles. The fraction of sp³-hybridized carbons (Fsp3) is 0.375. The standard InChI is InChI=1S/C16H21NS/c1-11-7-8-15(12(2)10-11)13(3)17-14(4)16-6-5-9-18-16/h5-10,13-14,17H,1-4H3. The van der Waals surface area contributed by atoms with E-state index < -0.39 is 0 Å². The Bertz CT molecular complexity index is 502. The molecule has 2 unspecified atom stereocenters. The van der Waals surface area contributed by atoms with E-state index in [1.165, 1.54) is 21.6 Å². The maximum absolute atomic E-state index is 3.67. The smallest absolute Gasteiger partial charge is 0.0391 e. The van der Waals surface area contributed by atoms with Gasteiger partial charge < -0.3 is 5.32 Å². The summed E-state index contributed by atoms with van der Waals surface area (Å²) < 4.78 is 0. The highest BCUT2D eigenvalue weighted by Crippen LogP contribution is 2.24. The van der Waals surface area contributed by atoms with Crippen molar-refractivity contribution in [3.8, 4) is 0 Å². The summed E-state index contributed by atoms with van der Waals surface area (Å²) in [6, 6.07) is 11.8. The van der Waals surface area contributed by atoms with Crippen LogP contribution in [-0.4, -0.2) is 0 Å². The Morgan fingerprint density at radius 2 is 1.83 bits per heavy atom. The van der Waals surface area contributed by atoms with Crippen LogP contribution in [0.4, 0.5) is 0 Å². The molecular formula is C16H21NS. The van der Waals surface area contributed by atoms with Crippen LogP contribution in [0.15, 0.2) is 35.7 Å². The Morgan fingerprint density at radius 3 is 2.44 bits per heavy atom. The predicted octanol–water partition coefficient (Wildman–Crippen LogP) is 4.78. The van der Waals surface area contributed by atoms with E-state index in [0.717, 1.165) is 0 Å². The van der Waals surface area contributed by atoms with Crippen molar-refractivity contribution in [3.05, 3.63) is 57.3 Å². The average Bonchev–Trinajstić information content (AvgIpc) is 2.81. The normalized spacial score (nSPS) is 14.4. The van der Waals surface area contributed by atoms with Gasteiger partial charge >= 0.3 is 0 Å². The van der Waals surface area contributed by atoms with Gasteiger partial charge in [0, 0.05) is 17.0 Å². The van der Waals surface area contributed by atoms with Crippen LogP contribution in [0.25, 0.3) is 0 Å². The molecule has 0 fully saturated rings. The second-order valence-corrected chi connectivity index (χ2v) is 5.96. The van der Waals surface area contributed by atoms with Gasteiger partial charge in [0.05, 0.1) is 0 Å². The minimum atomic E-state index is 0.377. The van der Waals surface area contributed by atoms with Crippen LogP contribution in [0, 0.1) is 13.8 Å². The first kappa shape index (κ1) is 13.3. The Labute approximate surface area is 114 Å². The first-order valence-corrected chi connectivity index (χ1v) is 7.32. The third-order valence-corrected chi connectivity index (χ3v) is 4.42. The van der Waals surface area contributed by atoms with Gasteiger partial charge in [0.15, 0.2) is 0 Å². The monoisotopic (exact) mass is 259 g/mol. The number of rotatable bonds is 4. The summed E-state index contributed by atoms with van der Waals surface area (Å²) >= 11 is 1.81. The molecule has 2 rings (SSSR count). The summed E-state index contributed by atoms with van der Waals surface area (Å²) in [6.45, 7) is 8.80. The second-order valence-electron chi connectivity index (χ2n) is 4.99. The van der Waals surface area contributed by atoms with E-state index in [0.29, 0.717) is 12.1 Å². The zero-order chi connectivity index (χ0) is 13.1. The molecule has 0 aliphatic rings. The molecule has 2 heteroatoms. The molecule has 0 spiro atoms. The molecule has 0 saturated heterocycles. The van der Waals surface area contributed by atoms with Gasteiger partial charge in [-0.05, 0) is 50.3 Å². The van der Waals surface area contributed by atoms with Gasteiger partial charge in [0.1, 0.15) is 0 Å². The maximum atomic E-state index is 3.67. The number of benzene rings is 1. The molecule has 2 atom stereocenters. The third-order valence-electron chi connectivity index (χ3n) is 3.36. The van der Waals surface area contributed by atoms with E-state index in [1.807, 2.05) is 11.3 Å². The van der Waals surface area contributed by atoms with Crippen molar-refractivity contribution in [3.63, 3.8) is 0 Å². The van der Waals surface area contributed by atoms with Crippen molar-refractivity contribution < 1.29 is 0 Å². The first-order valence-electron chi connectivity index (χ1n) is 6.44. The third kappa shape index (κ3) is 3.01. The van der Waals surface area contributed by atoms with E-state index in [-0.39, 0.29) is 0 Å². The van der Waals surface area contributed by atoms with Gasteiger partial charge in [-0.3, -0.25) is 0 Å². The molecule has 1 heterocycles. The molecule has 18 heavy (non-hydrogen) atoms. The zero-order valence-electron chi connectivity index (χ0n) is 11.5. The molecule has 0 radical (unpaired) electrons. The molecular weight excluding hydrogens is 238 g/mol. The molecule has 1 aromatic heterocycles. The van der Waals surface area contributed by atoms with Crippen LogP contribution in [0.2, 0.25) is 0 Å². The van der Waals surface area contributed by atoms with Gasteiger partial charge in [-0.2, -0.15) is 0 Å². The minimum absolute atomic E-state index is 0.377. The van der Waals surface area contributed by atoms with E-state index in [4.69, 9.17) is 0 Å². The molecule has 1 nitrogen and oxygen atoms in total. The molecule has 0 amide bonds. The van der Waals surface area contributed by atoms with Crippen LogP contribution >= 0.6 is 11.3 Å². The summed E-state index contributed by atoms with van der Waals surface area (Å²) in [5.41, 5.74) is 4.09. The van der Waals surface area contributed by atoms with Crippen molar-refractivity contribution in [1.82, 2.24) is 5.32 Å². The quantitative estimate of drug-likeness (QED) is 0.833. The van der Waals surface area contributed by atoms with E-state index >= 15 is 0 Å². The fourth-order valence-electron chi connectivity index (χ4n) is 2.40. The second kappa shape index (κ2) is 5.68. The van der Waals surface area contributed by atoms with E-state index in [9.17, 15) is 0 Å². The summed E-state index contributed by atoms with van der Waals surface area (Å²) in [4.78, 5) is 1.40. The molecule has 2 aromatic rings. The van der Waals surface area contributed by atoms with Crippen LogP contribution in [0.3, 0.4) is 0 Å². The van der Waals surface area contributed by atoms with Gasteiger partial charge in [0.2, 0.25) is 0 Å². The molecule has 1 aromatic carbocycles. The Kier molecular flexibility index (Phi) is 4.20. The predicted molar refractivity (Wildman–Crippen MR) is 80.2 cm³/mol. The summed E-state index contributed by atoms with van der Waals surface area (Å²) in [7, 11) is 0. The topological polar surface area (TPSA) is 12.0 Å². The number of hydrogen-bond acceptors (Lipinski definition) is 2. The van der Waals surface area contributed by atoms with Gasteiger partial charge in [0.25, 0.3) is 0 Å². The van der Waals surface area contributed by atoms with E-state index in [1.54, 1.807) is 0 Å².